The third-order valence-electron chi connectivity index (χ3n) is 4.74. The molecule has 0 aliphatic carbocycles. The highest BCUT2D eigenvalue weighted by atomic mass is 16.6. The maximum absolute atomic E-state index is 12.3. The van der Waals surface area contributed by atoms with E-state index in [2.05, 4.69) is 36.2 Å². The Morgan fingerprint density at radius 2 is 2.00 bits per heavy atom. The molecule has 0 radical (unpaired) electrons. The number of carbonyl (C=O) groups excluding carboxylic acids is 1. The number of rotatable bonds is 5. The zero-order valence-electron chi connectivity index (χ0n) is 13.4. The van der Waals surface area contributed by atoms with Crippen LogP contribution in [0.3, 0.4) is 0 Å². The second-order valence-electron chi connectivity index (χ2n) is 6.37. The number of amides is 1. The van der Waals surface area contributed by atoms with Crippen molar-refractivity contribution in [3.05, 3.63) is 35.9 Å². The Morgan fingerprint density at radius 1 is 1.18 bits per heavy atom. The predicted molar refractivity (Wildman–Crippen MR) is 86.4 cm³/mol. The van der Waals surface area contributed by atoms with Crippen LogP contribution in [0.15, 0.2) is 30.3 Å². The molecule has 2 fully saturated rings. The Hall–Kier alpha value is -1.55. The van der Waals surface area contributed by atoms with Crippen molar-refractivity contribution < 1.29 is 9.53 Å². The van der Waals surface area contributed by atoms with Gasteiger partial charge >= 0.3 is 6.09 Å². The highest BCUT2D eigenvalue weighted by molar-refractivity contribution is 5.69. The fourth-order valence-electron chi connectivity index (χ4n) is 3.70. The zero-order valence-corrected chi connectivity index (χ0v) is 13.4. The molecule has 0 bridgehead atoms. The summed E-state index contributed by atoms with van der Waals surface area (Å²) in [5.41, 5.74) is 1.26. The Kier molecular flexibility index (Phi) is 4.98. The minimum Gasteiger partial charge on any atom is -0.446 e. The molecule has 3 rings (SSSR count). The Labute approximate surface area is 133 Å². The van der Waals surface area contributed by atoms with Crippen LogP contribution in [-0.2, 0) is 11.2 Å². The second-order valence-corrected chi connectivity index (χ2v) is 6.37. The molecule has 4 heteroatoms. The lowest BCUT2D eigenvalue weighted by atomic mass is 9.99. The summed E-state index contributed by atoms with van der Waals surface area (Å²) in [5, 5.41) is 4.22. The van der Waals surface area contributed by atoms with Gasteiger partial charge in [-0.05, 0) is 31.2 Å². The smallest absolute Gasteiger partial charge is 0.424 e. The van der Waals surface area contributed by atoms with Gasteiger partial charge in [0.05, 0.1) is 6.04 Å². The molecule has 1 aromatic carbocycles. The summed E-state index contributed by atoms with van der Waals surface area (Å²) in [5.74, 6) is 0. The molecule has 0 spiro atoms. The van der Waals surface area contributed by atoms with Gasteiger partial charge in [0, 0.05) is 12.6 Å². The summed E-state index contributed by atoms with van der Waals surface area (Å²) < 4.78 is 5.38. The van der Waals surface area contributed by atoms with E-state index < -0.39 is 0 Å². The highest BCUT2D eigenvalue weighted by Gasteiger charge is 2.40. The van der Waals surface area contributed by atoms with E-state index in [0.29, 0.717) is 12.6 Å². The van der Waals surface area contributed by atoms with Crippen LogP contribution >= 0.6 is 0 Å². The third-order valence-corrected chi connectivity index (χ3v) is 4.74. The van der Waals surface area contributed by atoms with E-state index >= 15 is 0 Å². The van der Waals surface area contributed by atoms with Gasteiger partial charge in [-0.15, -0.1) is 0 Å². The van der Waals surface area contributed by atoms with Crippen LogP contribution in [0.25, 0.3) is 0 Å². The molecule has 4 nitrogen and oxygen atoms in total. The molecule has 2 saturated heterocycles. The summed E-state index contributed by atoms with van der Waals surface area (Å²) in [6.07, 6.45) is 6.64. The van der Waals surface area contributed by atoms with Crippen LogP contribution in [0.4, 0.5) is 4.79 Å². The summed E-state index contributed by atoms with van der Waals surface area (Å²) in [7, 11) is 0. The summed E-state index contributed by atoms with van der Waals surface area (Å²) in [4.78, 5) is 12.3. The van der Waals surface area contributed by atoms with E-state index in [1.54, 1.807) is 0 Å². The largest absolute Gasteiger partial charge is 0.446 e. The zero-order chi connectivity index (χ0) is 15.4. The Bertz CT molecular complexity index is 489. The highest BCUT2D eigenvalue weighted by Crippen LogP contribution is 2.28. The van der Waals surface area contributed by atoms with E-state index in [1.165, 1.54) is 24.8 Å². The standard InChI is InChI=1S/C18H26N2O2/c1-2-8-16-11-6-7-12-19(16)20-17(14-22-18(20)21)13-15-9-4-3-5-10-15/h3-5,9-10,16-17H,2,6-8,11-14H2,1H3. The topological polar surface area (TPSA) is 32.8 Å². The first-order valence-corrected chi connectivity index (χ1v) is 8.56. The number of ether oxygens (including phenoxy) is 1. The molecule has 1 aromatic rings. The quantitative estimate of drug-likeness (QED) is 0.833. The summed E-state index contributed by atoms with van der Waals surface area (Å²) in [6, 6.07) is 11.0. The number of piperidine rings is 1. The van der Waals surface area contributed by atoms with Crippen molar-refractivity contribution in [1.29, 1.82) is 0 Å². The fourth-order valence-corrected chi connectivity index (χ4v) is 3.70. The summed E-state index contributed by atoms with van der Waals surface area (Å²) in [6.45, 7) is 3.70. The van der Waals surface area contributed by atoms with Crippen molar-refractivity contribution in [2.75, 3.05) is 13.2 Å². The van der Waals surface area contributed by atoms with Gasteiger partial charge in [-0.2, -0.15) is 0 Å². The maximum Gasteiger partial charge on any atom is 0.424 e. The van der Waals surface area contributed by atoms with E-state index in [0.717, 1.165) is 25.8 Å². The first kappa shape index (κ1) is 15.3. The van der Waals surface area contributed by atoms with E-state index in [1.807, 2.05) is 11.1 Å². The molecule has 0 N–H and O–H groups in total. The number of nitrogens with zero attached hydrogens (tertiary/aromatic N) is 2. The SMILES string of the molecule is CCCC1CCCCN1N1C(=O)OCC1Cc1ccccc1. The van der Waals surface area contributed by atoms with Crippen molar-refractivity contribution >= 4 is 6.09 Å². The number of benzene rings is 1. The molecule has 2 aliphatic heterocycles. The molecule has 2 aliphatic rings. The van der Waals surface area contributed by atoms with Crippen LogP contribution < -0.4 is 0 Å². The van der Waals surface area contributed by atoms with Gasteiger partial charge < -0.3 is 4.74 Å². The molecule has 2 atom stereocenters. The molecule has 2 unspecified atom stereocenters. The van der Waals surface area contributed by atoms with Crippen molar-refractivity contribution in [2.24, 2.45) is 0 Å². The number of hydrogen-bond donors (Lipinski definition) is 0. The average molecular weight is 302 g/mol. The van der Waals surface area contributed by atoms with Gasteiger partial charge in [-0.25, -0.2) is 14.8 Å². The van der Waals surface area contributed by atoms with Gasteiger partial charge in [0.15, 0.2) is 0 Å². The van der Waals surface area contributed by atoms with E-state index in [9.17, 15) is 4.79 Å². The van der Waals surface area contributed by atoms with Gasteiger partial charge in [-0.3, -0.25) is 0 Å². The molecule has 2 heterocycles. The van der Waals surface area contributed by atoms with Gasteiger partial charge in [0.25, 0.3) is 0 Å². The number of carbonyl (C=O) groups is 1. The van der Waals surface area contributed by atoms with Crippen LogP contribution in [-0.4, -0.2) is 41.3 Å². The van der Waals surface area contributed by atoms with Crippen LogP contribution in [0.1, 0.15) is 44.6 Å². The van der Waals surface area contributed by atoms with E-state index in [4.69, 9.17) is 4.74 Å². The van der Waals surface area contributed by atoms with Crippen molar-refractivity contribution in [3.8, 4) is 0 Å². The number of cyclic esters (lactones) is 1. The van der Waals surface area contributed by atoms with Crippen molar-refractivity contribution in [2.45, 2.75) is 57.5 Å². The average Bonchev–Trinajstić information content (AvgIpc) is 2.90. The molecular weight excluding hydrogens is 276 g/mol. The Morgan fingerprint density at radius 3 is 2.77 bits per heavy atom. The lowest BCUT2D eigenvalue weighted by molar-refractivity contribution is -0.0580. The molecule has 0 saturated carbocycles. The lowest BCUT2D eigenvalue weighted by Crippen LogP contribution is -2.55. The maximum atomic E-state index is 12.3. The first-order valence-electron chi connectivity index (χ1n) is 8.56. The Balaban J connectivity index is 1.74. The van der Waals surface area contributed by atoms with Gasteiger partial charge in [-0.1, -0.05) is 50.1 Å². The number of hydrogen-bond acceptors (Lipinski definition) is 3. The second kappa shape index (κ2) is 7.14. The van der Waals surface area contributed by atoms with Crippen LogP contribution in [0.5, 0.6) is 0 Å². The fraction of sp³-hybridized carbons (Fsp3) is 0.611. The van der Waals surface area contributed by atoms with Gasteiger partial charge in [0.2, 0.25) is 0 Å². The minimum absolute atomic E-state index is 0.132. The molecule has 0 aromatic heterocycles. The normalized spacial score (nSPS) is 26.2. The number of hydrazine groups is 1. The monoisotopic (exact) mass is 302 g/mol. The minimum atomic E-state index is -0.163. The molecule has 120 valence electrons. The lowest BCUT2D eigenvalue weighted by Gasteiger charge is -2.42. The first-order chi connectivity index (χ1) is 10.8. The molecule has 1 amide bonds. The summed E-state index contributed by atoms with van der Waals surface area (Å²) >= 11 is 0. The molecule has 22 heavy (non-hydrogen) atoms. The third kappa shape index (κ3) is 3.27. The van der Waals surface area contributed by atoms with Crippen LogP contribution in [0.2, 0.25) is 0 Å². The van der Waals surface area contributed by atoms with E-state index in [-0.39, 0.29) is 12.1 Å². The predicted octanol–water partition coefficient (Wildman–Crippen LogP) is 3.62. The van der Waals surface area contributed by atoms with Crippen molar-refractivity contribution in [1.82, 2.24) is 10.0 Å². The van der Waals surface area contributed by atoms with Crippen LogP contribution in [0, 0.1) is 0 Å². The molecular formula is C18H26N2O2. The van der Waals surface area contributed by atoms with Crippen molar-refractivity contribution in [3.63, 3.8) is 0 Å². The van der Waals surface area contributed by atoms with Gasteiger partial charge in [0.1, 0.15) is 6.61 Å².